The minimum Gasteiger partial charge on any atom is -0.461 e. The maximum Gasteiger partial charge on any atom is 0.357 e. The second kappa shape index (κ2) is 7.88. The molecule has 2 aromatic rings. The van der Waals surface area contributed by atoms with Crippen molar-refractivity contribution in [3.63, 3.8) is 0 Å². The first kappa shape index (κ1) is 19.0. The lowest BCUT2D eigenvalue weighted by molar-refractivity contribution is 0.0520. The summed E-state index contributed by atoms with van der Waals surface area (Å²) in [6, 6.07) is 0. The normalized spacial score (nSPS) is 16.0. The van der Waals surface area contributed by atoms with Crippen LogP contribution >= 0.6 is 11.3 Å². The van der Waals surface area contributed by atoms with Gasteiger partial charge in [0.15, 0.2) is 5.69 Å². The summed E-state index contributed by atoms with van der Waals surface area (Å²) in [6.07, 6.45) is 4.24. The van der Waals surface area contributed by atoms with Crippen LogP contribution in [0.5, 0.6) is 0 Å². The molecule has 1 fully saturated rings. The lowest BCUT2D eigenvalue weighted by Crippen LogP contribution is -2.24. The number of rotatable bonds is 5. The average Bonchev–Trinajstić information content (AvgIpc) is 3.22. The topological polar surface area (TPSA) is 66.2 Å². The van der Waals surface area contributed by atoms with Crippen molar-refractivity contribution in [2.75, 3.05) is 19.8 Å². The standard InChI is InChI=1S/C19H27N3O3S/c1-5-25-17(23)15-12-26-16(20-15)14-11-22(18(21-14)19(2,3)4)10-13-6-8-24-9-7-13/h11-13H,5-10H2,1-4H3. The monoisotopic (exact) mass is 377 g/mol. The maximum absolute atomic E-state index is 11.9. The van der Waals surface area contributed by atoms with Crippen LogP contribution in [0, 0.1) is 5.92 Å². The summed E-state index contributed by atoms with van der Waals surface area (Å²) in [6.45, 7) is 11.3. The first-order valence-corrected chi connectivity index (χ1v) is 10.0. The highest BCUT2D eigenvalue weighted by Crippen LogP contribution is 2.30. The number of carbonyl (C=O) groups excluding carboxylic acids is 1. The Morgan fingerprint density at radius 2 is 2.08 bits per heavy atom. The Morgan fingerprint density at radius 1 is 1.35 bits per heavy atom. The molecule has 142 valence electrons. The number of aromatic nitrogens is 3. The molecular weight excluding hydrogens is 350 g/mol. The van der Waals surface area contributed by atoms with Crippen molar-refractivity contribution in [1.29, 1.82) is 0 Å². The molecule has 0 aliphatic carbocycles. The van der Waals surface area contributed by atoms with Crippen molar-refractivity contribution in [3.8, 4) is 10.7 Å². The fourth-order valence-electron chi connectivity index (χ4n) is 3.15. The van der Waals surface area contributed by atoms with Gasteiger partial charge < -0.3 is 14.0 Å². The number of esters is 1. The van der Waals surface area contributed by atoms with Crippen LogP contribution in [0.25, 0.3) is 10.7 Å². The molecule has 0 aromatic carbocycles. The third-order valence-electron chi connectivity index (χ3n) is 4.45. The number of ether oxygens (including phenoxy) is 2. The third kappa shape index (κ3) is 4.32. The summed E-state index contributed by atoms with van der Waals surface area (Å²) < 4.78 is 12.8. The van der Waals surface area contributed by atoms with Crippen LogP contribution in [-0.2, 0) is 21.4 Å². The number of carbonyl (C=O) groups is 1. The largest absolute Gasteiger partial charge is 0.461 e. The Hall–Kier alpha value is -1.73. The van der Waals surface area contributed by atoms with Crippen LogP contribution in [0.3, 0.4) is 0 Å². The van der Waals surface area contributed by atoms with E-state index < -0.39 is 0 Å². The maximum atomic E-state index is 11.9. The van der Waals surface area contributed by atoms with Crippen molar-refractivity contribution in [2.45, 2.75) is 52.5 Å². The van der Waals surface area contributed by atoms with Gasteiger partial charge in [0.25, 0.3) is 0 Å². The highest BCUT2D eigenvalue weighted by Gasteiger charge is 2.25. The number of hydrogen-bond acceptors (Lipinski definition) is 6. The first-order valence-electron chi connectivity index (χ1n) is 9.17. The molecule has 0 bridgehead atoms. The molecular formula is C19H27N3O3S. The summed E-state index contributed by atoms with van der Waals surface area (Å²) in [5, 5.41) is 2.49. The molecule has 0 unspecified atom stereocenters. The molecule has 0 saturated carbocycles. The van der Waals surface area contributed by atoms with Gasteiger partial charge in [0.2, 0.25) is 0 Å². The zero-order valence-corrected chi connectivity index (χ0v) is 16.8. The first-order chi connectivity index (χ1) is 12.4. The van der Waals surface area contributed by atoms with Crippen molar-refractivity contribution in [2.24, 2.45) is 5.92 Å². The lowest BCUT2D eigenvalue weighted by Gasteiger charge is -2.25. The molecule has 0 atom stereocenters. The van der Waals surface area contributed by atoms with Crippen LogP contribution in [0.2, 0.25) is 0 Å². The van der Waals surface area contributed by atoms with Crippen molar-refractivity contribution in [1.82, 2.24) is 14.5 Å². The van der Waals surface area contributed by atoms with Gasteiger partial charge in [-0.2, -0.15) is 0 Å². The fourth-order valence-corrected chi connectivity index (χ4v) is 3.90. The van der Waals surface area contributed by atoms with Crippen LogP contribution in [0.4, 0.5) is 0 Å². The summed E-state index contributed by atoms with van der Waals surface area (Å²) in [4.78, 5) is 21.2. The molecule has 2 aromatic heterocycles. The molecule has 26 heavy (non-hydrogen) atoms. The van der Waals surface area contributed by atoms with E-state index in [1.807, 2.05) is 0 Å². The van der Waals surface area contributed by atoms with Crippen molar-refractivity contribution < 1.29 is 14.3 Å². The fraction of sp³-hybridized carbons (Fsp3) is 0.632. The Balaban J connectivity index is 1.87. The highest BCUT2D eigenvalue weighted by atomic mass is 32.1. The molecule has 1 saturated heterocycles. The summed E-state index contributed by atoms with van der Waals surface area (Å²) in [7, 11) is 0. The van der Waals surface area contributed by atoms with Gasteiger partial charge in [-0.3, -0.25) is 0 Å². The second-order valence-corrected chi connectivity index (χ2v) is 8.52. The van der Waals surface area contributed by atoms with Gasteiger partial charge in [0.05, 0.1) is 6.61 Å². The SMILES string of the molecule is CCOC(=O)c1csc(-c2cn(CC3CCOCC3)c(C(C)(C)C)n2)n1. The highest BCUT2D eigenvalue weighted by molar-refractivity contribution is 7.13. The van der Waals surface area contributed by atoms with E-state index in [0.29, 0.717) is 18.2 Å². The van der Waals surface area contributed by atoms with E-state index >= 15 is 0 Å². The average molecular weight is 378 g/mol. The van der Waals surface area contributed by atoms with Crippen LogP contribution < -0.4 is 0 Å². The summed E-state index contributed by atoms with van der Waals surface area (Å²) in [5.41, 5.74) is 1.11. The van der Waals surface area contributed by atoms with Gasteiger partial charge in [0, 0.05) is 36.8 Å². The zero-order valence-electron chi connectivity index (χ0n) is 15.9. The zero-order chi connectivity index (χ0) is 18.7. The molecule has 0 radical (unpaired) electrons. The Kier molecular flexibility index (Phi) is 5.77. The van der Waals surface area contributed by atoms with Crippen LogP contribution in [0.15, 0.2) is 11.6 Å². The van der Waals surface area contributed by atoms with E-state index in [9.17, 15) is 4.79 Å². The molecule has 6 nitrogen and oxygen atoms in total. The Labute approximate surface area is 158 Å². The van der Waals surface area contributed by atoms with E-state index in [1.54, 1.807) is 12.3 Å². The summed E-state index contributed by atoms with van der Waals surface area (Å²) in [5.74, 6) is 1.28. The Morgan fingerprint density at radius 3 is 2.73 bits per heavy atom. The predicted molar refractivity (Wildman–Crippen MR) is 102 cm³/mol. The number of thiazole rings is 1. The number of nitrogens with zero attached hydrogens (tertiary/aromatic N) is 3. The molecule has 0 amide bonds. The van der Waals surface area contributed by atoms with E-state index in [4.69, 9.17) is 14.5 Å². The van der Waals surface area contributed by atoms with E-state index in [-0.39, 0.29) is 11.4 Å². The van der Waals surface area contributed by atoms with Crippen molar-refractivity contribution in [3.05, 3.63) is 23.1 Å². The smallest absolute Gasteiger partial charge is 0.357 e. The van der Waals surface area contributed by atoms with Gasteiger partial charge in [-0.1, -0.05) is 20.8 Å². The lowest BCUT2D eigenvalue weighted by atomic mass is 9.94. The van der Waals surface area contributed by atoms with E-state index in [2.05, 4.69) is 36.5 Å². The minimum absolute atomic E-state index is 0.0648. The van der Waals surface area contributed by atoms with Gasteiger partial charge >= 0.3 is 5.97 Å². The molecule has 7 heteroatoms. The molecule has 3 heterocycles. The number of hydrogen-bond donors (Lipinski definition) is 0. The quantitative estimate of drug-likeness (QED) is 0.739. The number of imidazole rings is 1. The van der Waals surface area contributed by atoms with Crippen molar-refractivity contribution >= 4 is 17.3 Å². The van der Waals surface area contributed by atoms with Crippen LogP contribution in [-0.4, -0.2) is 40.3 Å². The molecule has 0 spiro atoms. The molecule has 0 N–H and O–H groups in total. The summed E-state index contributed by atoms with van der Waals surface area (Å²) >= 11 is 1.43. The predicted octanol–water partition coefficient (Wildman–Crippen LogP) is 3.91. The molecule has 1 aliphatic heterocycles. The van der Waals surface area contributed by atoms with Gasteiger partial charge in [-0.15, -0.1) is 11.3 Å². The Bertz CT molecular complexity index is 754. The third-order valence-corrected chi connectivity index (χ3v) is 5.32. The molecule has 1 aliphatic rings. The minimum atomic E-state index is -0.382. The van der Waals surface area contributed by atoms with Gasteiger partial charge in [0.1, 0.15) is 16.5 Å². The second-order valence-electron chi connectivity index (χ2n) is 7.67. The van der Waals surface area contributed by atoms with Crippen LogP contribution in [0.1, 0.15) is 56.8 Å². The van der Waals surface area contributed by atoms with E-state index in [1.165, 1.54) is 11.3 Å². The van der Waals surface area contributed by atoms with Gasteiger partial charge in [-0.25, -0.2) is 14.8 Å². The molecule has 3 rings (SSSR count). The van der Waals surface area contributed by atoms with Gasteiger partial charge in [-0.05, 0) is 25.7 Å². The van der Waals surface area contributed by atoms with E-state index in [0.717, 1.165) is 49.1 Å².